The van der Waals surface area contributed by atoms with Gasteiger partial charge < -0.3 is 9.72 Å². The largest absolute Gasteiger partial charge is 0.497 e. The molecule has 6 heteroatoms. The molecule has 0 saturated heterocycles. The number of fused-ring (bicyclic) bond motifs is 1. The Morgan fingerprint density at radius 1 is 1.08 bits per heavy atom. The summed E-state index contributed by atoms with van der Waals surface area (Å²) in [6.45, 7) is 0. The summed E-state index contributed by atoms with van der Waals surface area (Å²) in [5, 5.41) is 3.10. The van der Waals surface area contributed by atoms with Crippen molar-refractivity contribution in [2.24, 2.45) is 0 Å². The van der Waals surface area contributed by atoms with Crippen LogP contribution in [0.1, 0.15) is 0 Å². The number of thiophene rings is 1. The smallest absolute Gasteiger partial charge is 0.260 e. The van der Waals surface area contributed by atoms with Gasteiger partial charge in [0.2, 0.25) is 0 Å². The van der Waals surface area contributed by atoms with Gasteiger partial charge in [0.25, 0.3) is 5.56 Å². The van der Waals surface area contributed by atoms with Crippen LogP contribution in [0.4, 0.5) is 0 Å². The van der Waals surface area contributed by atoms with Gasteiger partial charge in [-0.3, -0.25) is 4.79 Å². The number of rotatable bonds is 3. The number of methoxy groups -OCH3 is 1. The predicted octanol–water partition coefficient (Wildman–Crippen LogP) is 4.98. The highest BCUT2D eigenvalue weighted by atomic mass is 35.5. The van der Waals surface area contributed by atoms with E-state index in [-0.39, 0.29) is 5.56 Å². The number of benzene rings is 2. The van der Waals surface area contributed by atoms with Gasteiger partial charge in [-0.1, -0.05) is 29.8 Å². The fourth-order valence-electron chi connectivity index (χ4n) is 2.71. The molecule has 4 rings (SSSR count). The summed E-state index contributed by atoms with van der Waals surface area (Å²) in [4.78, 5) is 20.9. The topological polar surface area (TPSA) is 55.0 Å². The Labute approximate surface area is 152 Å². The van der Waals surface area contributed by atoms with Crippen LogP contribution in [0, 0.1) is 0 Å². The highest BCUT2D eigenvalue weighted by Gasteiger charge is 2.15. The van der Waals surface area contributed by atoms with Crippen LogP contribution in [0.3, 0.4) is 0 Å². The molecule has 0 aliphatic rings. The van der Waals surface area contributed by atoms with Crippen LogP contribution < -0.4 is 10.3 Å². The van der Waals surface area contributed by atoms with E-state index in [1.54, 1.807) is 7.11 Å². The maximum absolute atomic E-state index is 12.7. The van der Waals surface area contributed by atoms with Crippen LogP contribution in [0.15, 0.2) is 58.7 Å². The lowest BCUT2D eigenvalue weighted by Gasteiger charge is -2.05. The first-order valence-electron chi connectivity index (χ1n) is 7.58. The first kappa shape index (κ1) is 15.9. The molecule has 0 radical (unpaired) electrons. The van der Waals surface area contributed by atoms with E-state index in [1.807, 2.05) is 53.9 Å². The van der Waals surface area contributed by atoms with Crippen LogP contribution in [0.5, 0.6) is 5.75 Å². The third-order valence-corrected chi connectivity index (χ3v) is 5.17. The Bertz CT molecular complexity index is 1120. The van der Waals surface area contributed by atoms with Gasteiger partial charge >= 0.3 is 0 Å². The average molecular weight is 369 g/mol. The van der Waals surface area contributed by atoms with Crippen molar-refractivity contribution in [1.29, 1.82) is 0 Å². The first-order chi connectivity index (χ1) is 12.2. The van der Waals surface area contributed by atoms with Gasteiger partial charge in [0.1, 0.15) is 16.4 Å². The number of nitrogens with zero attached hydrogens (tertiary/aromatic N) is 1. The first-order valence-corrected chi connectivity index (χ1v) is 8.84. The quantitative estimate of drug-likeness (QED) is 0.554. The molecule has 0 aliphatic carbocycles. The number of hydrogen-bond acceptors (Lipinski definition) is 4. The summed E-state index contributed by atoms with van der Waals surface area (Å²) in [5.74, 6) is 1.29. The molecule has 0 unspecified atom stereocenters. The fraction of sp³-hybridized carbons (Fsp3) is 0.0526. The Kier molecular flexibility index (Phi) is 4.03. The number of H-pyrrole nitrogens is 1. The van der Waals surface area contributed by atoms with Gasteiger partial charge in [-0.2, -0.15) is 0 Å². The fourth-order valence-corrected chi connectivity index (χ4v) is 3.89. The highest BCUT2D eigenvalue weighted by molar-refractivity contribution is 7.17. The second-order valence-electron chi connectivity index (χ2n) is 5.45. The number of hydrogen-bond donors (Lipinski definition) is 1. The van der Waals surface area contributed by atoms with Crippen molar-refractivity contribution in [3.05, 3.63) is 69.3 Å². The molecule has 2 aromatic carbocycles. The van der Waals surface area contributed by atoms with E-state index in [1.165, 1.54) is 11.3 Å². The molecule has 0 atom stereocenters. The molecule has 0 spiro atoms. The van der Waals surface area contributed by atoms with Gasteiger partial charge in [-0.05, 0) is 30.3 Å². The Balaban J connectivity index is 1.87. The SMILES string of the molecule is COc1ccc(-c2nc3scc(-c4ccccc4Cl)c3c(=O)[nH]2)cc1. The second-order valence-corrected chi connectivity index (χ2v) is 6.72. The van der Waals surface area contributed by atoms with E-state index in [0.29, 0.717) is 21.1 Å². The molecular formula is C19H13ClN2O2S. The molecule has 0 bridgehead atoms. The molecular weight excluding hydrogens is 356 g/mol. The van der Waals surface area contributed by atoms with Crippen molar-refractivity contribution in [1.82, 2.24) is 9.97 Å². The van der Waals surface area contributed by atoms with Crippen molar-refractivity contribution >= 4 is 33.2 Å². The van der Waals surface area contributed by atoms with Crippen molar-refractivity contribution in [2.45, 2.75) is 0 Å². The Hall–Kier alpha value is -2.63. The molecule has 4 aromatic rings. The summed E-state index contributed by atoms with van der Waals surface area (Å²) >= 11 is 7.72. The lowest BCUT2D eigenvalue weighted by atomic mass is 10.1. The third kappa shape index (κ3) is 2.81. The zero-order valence-corrected chi connectivity index (χ0v) is 14.8. The highest BCUT2D eigenvalue weighted by Crippen LogP contribution is 2.35. The molecule has 0 aliphatic heterocycles. The van der Waals surface area contributed by atoms with Crippen LogP contribution in [0.2, 0.25) is 5.02 Å². The predicted molar refractivity (Wildman–Crippen MR) is 103 cm³/mol. The molecule has 1 N–H and O–H groups in total. The van der Waals surface area contributed by atoms with Crippen molar-refractivity contribution in [2.75, 3.05) is 7.11 Å². The third-order valence-electron chi connectivity index (χ3n) is 3.97. The van der Waals surface area contributed by atoms with Crippen LogP contribution in [0.25, 0.3) is 32.7 Å². The maximum Gasteiger partial charge on any atom is 0.260 e. The van der Waals surface area contributed by atoms with Crippen LogP contribution >= 0.6 is 22.9 Å². The van der Waals surface area contributed by atoms with Gasteiger partial charge in [0, 0.05) is 27.1 Å². The van der Waals surface area contributed by atoms with E-state index in [2.05, 4.69) is 9.97 Å². The number of aromatic amines is 1. The number of nitrogens with one attached hydrogen (secondary N) is 1. The van der Waals surface area contributed by atoms with E-state index in [9.17, 15) is 4.79 Å². The van der Waals surface area contributed by atoms with Gasteiger partial charge in [-0.15, -0.1) is 11.3 Å². The van der Waals surface area contributed by atoms with E-state index < -0.39 is 0 Å². The normalized spacial score (nSPS) is 11.0. The molecule has 124 valence electrons. The minimum absolute atomic E-state index is 0.174. The van der Waals surface area contributed by atoms with Gasteiger partial charge in [0.15, 0.2) is 0 Å². The molecule has 4 nitrogen and oxygen atoms in total. The zero-order chi connectivity index (χ0) is 17.4. The zero-order valence-electron chi connectivity index (χ0n) is 13.2. The summed E-state index contributed by atoms with van der Waals surface area (Å²) in [5.41, 5.74) is 2.29. The lowest BCUT2D eigenvalue weighted by Crippen LogP contribution is -2.09. The summed E-state index contributed by atoms with van der Waals surface area (Å²) in [6.07, 6.45) is 0. The molecule has 2 aromatic heterocycles. The van der Waals surface area contributed by atoms with Gasteiger partial charge in [-0.25, -0.2) is 4.98 Å². The number of ether oxygens (including phenoxy) is 1. The van der Waals surface area contributed by atoms with Crippen LogP contribution in [-0.2, 0) is 0 Å². The standard InChI is InChI=1S/C19H13ClN2O2S/c1-24-12-8-6-11(7-9-12)17-21-18(23)16-14(10-25-19(16)22-17)13-4-2-3-5-15(13)20/h2-10H,1H3,(H,21,22,23). The molecule has 25 heavy (non-hydrogen) atoms. The van der Waals surface area contributed by atoms with E-state index in [0.717, 1.165) is 22.4 Å². The Morgan fingerprint density at radius 3 is 2.56 bits per heavy atom. The number of halogens is 1. The Morgan fingerprint density at radius 2 is 1.84 bits per heavy atom. The summed E-state index contributed by atoms with van der Waals surface area (Å²) in [6, 6.07) is 14.9. The molecule has 0 amide bonds. The minimum Gasteiger partial charge on any atom is -0.497 e. The van der Waals surface area contributed by atoms with Gasteiger partial charge in [0.05, 0.1) is 12.5 Å². The second kappa shape index (κ2) is 6.35. The van der Waals surface area contributed by atoms with Crippen LogP contribution in [-0.4, -0.2) is 17.1 Å². The maximum atomic E-state index is 12.7. The van der Waals surface area contributed by atoms with Crippen molar-refractivity contribution in [3.63, 3.8) is 0 Å². The molecule has 0 saturated carbocycles. The van der Waals surface area contributed by atoms with Crippen molar-refractivity contribution in [3.8, 4) is 28.3 Å². The summed E-state index contributed by atoms with van der Waals surface area (Å²) < 4.78 is 5.16. The average Bonchev–Trinajstić information content (AvgIpc) is 3.06. The van der Waals surface area contributed by atoms with E-state index >= 15 is 0 Å². The van der Waals surface area contributed by atoms with Crippen molar-refractivity contribution < 1.29 is 4.74 Å². The monoisotopic (exact) mass is 368 g/mol. The lowest BCUT2D eigenvalue weighted by molar-refractivity contribution is 0.415. The molecule has 2 heterocycles. The number of aromatic nitrogens is 2. The minimum atomic E-state index is -0.174. The van der Waals surface area contributed by atoms with E-state index in [4.69, 9.17) is 16.3 Å². The molecule has 0 fully saturated rings. The summed E-state index contributed by atoms with van der Waals surface area (Å²) in [7, 11) is 1.61.